The van der Waals surface area contributed by atoms with Gasteiger partial charge in [-0.05, 0) is 6.92 Å². The van der Waals surface area contributed by atoms with Gasteiger partial charge in [0.05, 0.1) is 32.2 Å². The lowest BCUT2D eigenvalue weighted by Gasteiger charge is -2.03. The van der Waals surface area contributed by atoms with E-state index >= 15 is 0 Å². The largest absolute Gasteiger partial charge is 0.395 e. The highest BCUT2D eigenvalue weighted by atomic mass is 32.2. The molecule has 0 atom stereocenters. The second-order valence-electron chi connectivity index (χ2n) is 2.67. The minimum atomic E-state index is -3.92. The SMILES string of the molecule is CCOCCONCCO.O=S(=O)(O)CCO. The van der Waals surface area contributed by atoms with Gasteiger partial charge in [0.15, 0.2) is 0 Å². The van der Waals surface area contributed by atoms with Crippen molar-refractivity contribution in [2.75, 3.05) is 45.3 Å². The van der Waals surface area contributed by atoms with E-state index in [-0.39, 0.29) is 6.61 Å². The van der Waals surface area contributed by atoms with Crippen molar-refractivity contribution in [1.82, 2.24) is 5.48 Å². The van der Waals surface area contributed by atoms with Gasteiger partial charge in [0, 0.05) is 13.2 Å². The molecule has 0 aliphatic rings. The molecule has 0 spiro atoms. The van der Waals surface area contributed by atoms with Crippen molar-refractivity contribution in [3.63, 3.8) is 0 Å². The highest BCUT2D eigenvalue weighted by molar-refractivity contribution is 7.85. The summed E-state index contributed by atoms with van der Waals surface area (Å²) in [5.74, 6) is -0.576. The van der Waals surface area contributed by atoms with Crippen LogP contribution in [0.1, 0.15) is 6.92 Å². The molecule has 106 valence electrons. The van der Waals surface area contributed by atoms with E-state index in [0.717, 1.165) is 0 Å². The standard InChI is InChI=1S/C6H15NO3.C2H6O4S/c1-2-9-5-6-10-7-3-4-8;3-1-2-7(4,5)6/h7-8H,2-6H2,1H3;3H,1-2H2,(H,4,5,6). The Morgan fingerprint density at radius 2 is 1.82 bits per heavy atom. The Morgan fingerprint density at radius 1 is 1.18 bits per heavy atom. The van der Waals surface area contributed by atoms with Gasteiger partial charge in [-0.3, -0.25) is 9.39 Å². The second-order valence-corrected chi connectivity index (χ2v) is 4.25. The van der Waals surface area contributed by atoms with Crippen LogP contribution in [-0.2, 0) is 19.7 Å². The molecule has 17 heavy (non-hydrogen) atoms. The molecule has 9 heteroatoms. The quantitative estimate of drug-likeness (QED) is 0.225. The van der Waals surface area contributed by atoms with Crippen LogP contribution in [0, 0.1) is 0 Å². The lowest BCUT2D eigenvalue weighted by Crippen LogP contribution is -2.21. The molecule has 0 aliphatic heterocycles. The van der Waals surface area contributed by atoms with E-state index in [1.807, 2.05) is 6.92 Å². The minimum absolute atomic E-state index is 0.0919. The molecule has 0 aromatic rings. The van der Waals surface area contributed by atoms with Crippen LogP contribution in [0.4, 0.5) is 0 Å². The topological polar surface area (TPSA) is 125 Å². The average molecular weight is 275 g/mol. The van der Waals surface area contributed by atoms with E-state index in [2.05, 4.69) is 5.48 Å². The number of hydrogen-bond acceptors (Lipinski definition) is 7. The van der Waals surface area contributed by atoms with Crippen LogP contribution >= 0.6 is 0 Å². The number of aliphatic hydroxyl groups excluding tert-OH is 2. The number of ether oxygens (including phenoxy) is 1. The van der Waals surface area contributed by atoms with Gasteiger partial charge in [-0.1, -0.05) is 0 Å². The van der Waals surface area contributed by atoms with E-state index in [1.54, 1.807) is 0 Å². The molecule has 0 saturated heterocycles. The molecular formula is C8H21NO7S. The van der Waals surface area contributed by atoms with Crippen LogP contribution in [0.3, 0.4) is 0 Å². The predicted octanol–water partition coefficient (Wildman–Crippen LogP) is -1.60. The van der Waals surface area contributed by atoms with Crippen LogP contribution in [-0.4, -0.2) is 68.5 Å². The smallest absolute Gasteiger partial charge is 0.267 e. The van der Waals surface area contributed by atoms with Crippen LogP contribution in [0.25, 0.3) is 0 Å². The van der Waals surface area contributed by atoms with Gasteiger partial charge in [-0.15, -0.1) is 0 Å². The number of hydroxylamine groups is 1. The van der Waals surface area contributed by atoms with Crippen LogP contribution in [0.2, 0.25) is 0 Å². The van der Waals surface area contributed by atoms with Crippen molar-refractivity contribution in [2.45, 2.75) is 6.92 Å². The number of rotatable bonds is 9. The van der Waals surface area contributed by atoms with E-state index < -0.39 is 22.5 Å². The maximum absolute atomic E-state index is 9.63. The maximum Gasteiger partial charge on any atom is 0.267 e. The molecule has 0 saturated carbocycles. The van der Waals surface area contributed by atoms with Crippen molar-refractivity contribution >= 4 is 10.1 Å². The Labute approximate surface area is 101 Å². The Hall–Kier alpha value is -0.290. The molecule has 0 aliphatic carbocycles. The van der Waals surface area contributed by atoms with E-state index in [0.29, 0.717) is 26.4 Å². The normalized spacial score (nSPS) is 10.8. The minimum Gasteiger partial charge on any atom is -0.395 e. The molecule has 0 aromatic carbocycles. The van der Waals surface area contributed by atoms with E-state index in [4.69, 9.17) is 24.3 Å². The first-order chi connectivity index (χ1) is 7.97. The average Bonchev–Trinajstić information content (AvgIpc) is 2.22. The zero-order valence-electron chi connectivity index (χ0n) is 9.83. The molecule has 8 nitrogen and oxygen atoms in total. The zero-order chi connectivity index (χ0) is 13.6. The molecule has 0 heterocycles. The Morgan fingerprint density at radius 3 is 2.18 bits per heavy atom. The van der Waals surface area contributed by atoms with Crippen LogP contribution in [0.5, 0.6) is 0 Å². The summed E-state index contributed by atoms with van der Waals surface area (Å²) in [6, 6.07) is 0. The van der Waals surface area contributed by atoms with E-state index in [1.165, 1.54) is 0 Å². The number of aliphatic hydroxyl groups is 2. The maximum atomic E-state index is 9.63. The van der Waals surface area contributed by atoms with Crippen molar-refractivity contribution in [2.24, 2.45) is 0 Å². The molecule has 0 aromatic heterocycles. The second kappa shape index (κ2) is 13.8. The summed E-state index contributed by atoms with van der Waals surface area (Å²) in [7, 11) is -3.92. The molecule has 0 radical (unpaired) electrons. The highest BCUT2D eigenvalue weighted by Gasteiger charge is 1.99. The molecular weight excluding hydrogens is 254 g/mol. The first-order valence-corrected chi connectivity index (χ1v) is 6.68. The van der Waals surface area contributed by atoms with Gasteiger partial charge in [-0.25, -0.2) is 5.48 Å². The highest BCUT2D eigenvalue weighted by Crippen LogP contribution is 1.76. The lowest BCUT2D eigenvalue weighted by molar-refractivity contribution is -0.00693. The fraction of sp³-hybridized carbons (Fsp3) is 1.00. The zero-order valence-corrected chi connectivity index (χ0v) is 10.6. The van der Waals surface area contributed by atoms with Gasteiger partial charge in [0.25, 0.3) is 10.1 Å². The summed E-state index contributed by atoms with van der Waals surface area (Å²) in [4.78, 5) is 4.84. The Kier molecular flexibility index (Phi) is 15.4. The van der Waals surface area contributed by atoms with Crippen molar-refractivity contribution in [3.8, 4) is 0 Å². The predicted molar refractivity (Wildman–Crippen MR) is 61.0 cm³/mol. The molecule has 0 rings (SSSR count). The van der Waals surface area contributed by atoms with Gasteiger partial charge in [0.1, 0.15) is 0 Å². The summed E-state index contributed by atoms with van der Waals surface area (Å²) >= 11 is 0. The fourth-order valence-corrected chi connectivity index (χ4v) is 0.781. The summed E-state index contributed by atoms with van der Waals surface area (Å²) in [6.45, 7) is 3.78. The summed E-state index contributed by atoms with van der Waals surface area (Å²) in [5.41, 5.74) is 2.56. The molecule has 0 bridgehead atoms. The third kappa shape index (κ3) is 25.7. The van der Waals surface area contributed by atoms with Gasteiger partial charge >= 0.3 is 0 Å². The Bertz CT molecular complexity index is 224. The first kappa shape index (κ1) is 19.1. The van der Waals surface area contributed by atoms with Crippen molar-refractivity contribution < 1.29 is 32.8 Å². The van der Waals surface area contributed by atoms with E-state index in [9.17, 15) is 8.42 Å². The number of nitrogens with one attached hydrogen (secondary N) is 1. The monoisotopic (exact) mass is 275 g/mol. The van der Waals surface area contributed by atoms with Gasteiger partial charge in [0.2, 0.25) is 0 Å². The molecule has 0 amide bonds. The third-order valence-corrected chi connectivity index (χ3v) is 1.90. The fourth-order valence-electron chi connectivity index (χ4n) is 0.550. The third-order valence-electron chi connectivity index (χ3n) is 1.20. The summed E-state index contributed by atoms with van der Waals surface area (Å²) < 4.78 is 32.1. The molecule has 4 N–H and O–H groups in total. The molecule has 0 fully saturated rings. The van der Waals surface area contributed by atoms with Crippen LogP contribution in [0.15, 0.2) is 0 Å². The van der Waals surface area contributed by atoms with Gasteiger partial charge in [-0.2, -0.15) is 8.42 Å². The molecule has 0 unspecified atom stereocenters. The summed E-state index contributed by atoms with van der Waals surface area (Å²) in [5, 5.41) is 16.2. The lowest BCUT2D eigenvalue weighted by atomic mass is 10.7. The Balaban J connectivity index is 0. The van der Waals surface area contributed by atoms with Crippen LogP contribution < -0.4 is 5.48 Å². The number of hydrogen-bond donors (Lipinski definition) is 4. The van der Waals surface area contributed by atoms with Crippen molar-refractivity contribution in [3.05, 3.63) is 0 Å². The first-order valence-electron chi connectivity index (χ1n) is 5.07. The summed E-state index contributed by atoms with van der Waals surface area (Å²) in [6.07, 6.45) is 0. The van der Waals surface area contributed by atoms with Gasteiger partial charge < -0.3 is 14.9 Å². The van der Waals surface area contributed by atoms with Crippen molar-refractivity contribution in [1.29, 1.82) is 0 Å².